The van der Waals surface area contributed by atoms with Gasteiger partial charge in [-0.3, -0.25) is 9.59 Å². The maximum Gasteiger partial charge on any atom is 0.168 e. The fourth-order valence-electron chi connectivity index (χ4n) is 3.87. The number of methoxy groups -OCH3 is 1. The number of hydrogen-bond acceptors (Lipinski definition) is 3. The number of ether oxygens (including phenoxy) is 1. The van der Waals surface area contributed by atoms with Crippen molar-refractivity contribution in [2.24, 2.45) is 11.8 Å². The minimum absolute atomic E-state index is 0.0750. The molecule has 1 fully saturated rings. The number of benzene rings is 2. The van der Waals surface area contributed by atoms with Crippen LogP contribution in [0.3, 0.4) is 0 Å². The van der Waals surface area contributed by atoms with Gasteiger partial charge in [-0.05, 0) is 24.0 Å². The van der Waals surface area contributed by atoms with E-state index in [9.17, 15) is 9.59 Å². The van der Waals surface area contributed by atoms with Gasteiger partial charge in [-0.1, -0.05) is 42.5 Å². The molecule has 4 rings (SSSR count). The first-order valence-electron chi connectivity index (χ1n) is 7.52. The monoisotopic (exact) mass is 292 g/mol. The Morgan fingerprint density at radius 3 is 2.23 bits per heavy atom. The van der Waals surface area contributed by atoms with Gasteiger partial charge in [0.15, 0.2) is 11.6 Å². The van der Waals surface area contributed by atoms with Crippen LogP contribution in [-0.4, -0.2) is 18.7 Å². The third kappa shape index (κ3) is 1.68. The summed E-state index contributed by atoms with van der Waals surface area (Å²) in [5, 5.41) is 0. The molecular formula is C19H16O3. The van der Waals surface area contributed by atoms with E-state index >= 15 is 0 Å². The van der Waals surface area contributed by atoms with E-state index in [0.29, 0.717) is 11.1 Å². The topological polar surface area (TPSA) is 43.4 Å². The van der Waals surface area contributed by atoms with Crippen LogP contribution >= 0.6 is 0 Å². The van der Waals surface area contributed by atoms with Crippen molar-refractivity contribution in [2.45, 2.75) is 12.3 Å². The molecule has 3 heteroatoms. The molecule has 3 atom stereocenters. The van der Waals surface area contributed by atoms with E-state index in [1.54, 1.807) is 19.2 Å². The van der Waals surface area contributed by atoms with Crippen LogP contribution in [0.25, 0.3) is 0 Å². The molecule has 22 heavy (non-hydrogen) atoms. The van der Waals surface area contributed by atoms with E-state index < -0.39 is 0 Å². The van der Waals surface area contributed by atoms with Gasteiger partial charge in [-0.2, -0.15) is 0 Å². The van der Waals surface area contributed by atoms with Gasteiger partial charge >= 0.3 is 0 Å². The van der Waals surface area contributed by atoms with Crippen LogP contribution in [0.4, 0.5) is 0 Å². The average molecular weight is 292 g/mol. The van der Waals surface area contributed by atoms with Crippen molar-refractivity contribution in [3.8, 4) is 5.75 Å². The number of Topliss-reactive ketones (excluding diaryl/α,β-unsaturated/α-hetero) is 2. The van der Waals surface area contributed by atoms with Crippen molar-refractivity contribution in [1.82, 2.24) is 0 Å². The Hall–Kier alpha value is -2.42. The van der Waals surface area contributed by atoms with Gasteiger partial charge in [0.25, 0.3) is 0 Å². The fourth-order valence-corrected chi connectivity index (χ4v) is 3.87. The van der Waals surface area contributed by atoms with Crippen molar-refractivity contribution in [3.63, 3.8) is 0 Å². The van der Waals surface area contributed by atoms with Crippen LogP contribution in [0.1, 0.15) is 38.6 Å². The lowest BCUT2D eigenvalue weighted by atomic mass is 9.54. The predicted octanol–water partition coefficient (Wildman–Crippen LogP) is 3.49. The van der Waals surface area contributed by atoms with Crippen LogP contribution in [0.5, 0.6) is 5.75 Å². The summed E-state index contributed by atoms with van der Waals surface area (Å²) in [6, 6.07) is 15.0. The second-order valence-electron chi connectivity index (χ2n) is 5.99. The SMILES string of the molecule is COc1ccccc1[C@H]1C[C@H]2C(=O)c3ccccc3C(=O)[C@@H]12. The first-order valence-corrected chi connectivity index (χ1v) is 7.52. The zero-order valence-corrected chi connectivity index (χ0v) is 12.3. The largest absolute Gasteiger partial charge is 0.496 e. The normalized spacial score (nSPS) is 26.0. The van der Waals surface area contributed by atoms with E-state index in [0.717, 1.165) is 17.7 Å². The van der Waals surface area contributed by atoms with Crippen LogP contribution in [0.15, 0.2) is 48.5 Å². The molecule has 0 amide bonds. The van der Waals surface area contributed by atoms with Gasteiger partial charge in [0.05, 0.1) is 7.11 Å². The molecule has 110 valence electrons. The lowest BCUT2D eigenvalue weighted by molar-refractivity contribution is 0.0511. The van der Waals surface area contributed by atoms with Gasteiger partial charge in [0.2, 0.25) is 0 Å². The summed E-state index contributed by atoms with van der Waals surface area (Å²) in [4.78, 5) is 25.4. The summed E-state index contributed by atoms with van der Waals surface area (Å²) in [6.45, 7) is 0. The molecule has 0 N–H and O–H groups in total. The molecule has 0 saturated heterocycles. The Morgan fingerprint density at radius 1 is 0.864 bits per heavy atom. The van der Waals surface area contributed by atoms with Crippen molar-refractivity contribution < 1.29 is 14.3 Å². The molecule has 0 aliphatic heterocycles. The predicted molar refractivity (Wildman–Crippen MR) is 82.4 cm³/mol. The van der Waals surface area contributed by atoms with Crippen LogP contribution in [-0.2, 0) is 0 Å². The van der Waals surface area contributed by atoms with E-state index in [1.807, 2.05) is 36.4 Å². The summed E-state index contributed by atoms with van der Waals surface area (Å²) in [5.74, 6) is 0.681. The van der Waals surface area contributed by atoms with Gasteiger partial charge in [0, 0.05) is 23.0 Å². The molecule has 2 aromatic carbocycles. The maximum absolute atomic E-state index is 12.8. The Labute approximate surface area is 128 Å². The molecule has 0 heterocycles. The minimum Gasteiger partial charge on any atom is -0.496 e. The molecule has 2 aromatic rings. The standard InChI is InChI=1S/C19H16O3/c1-22-16-9-5-4-6-11(16)14-10-15-17(14)19(21)13-8-3-2-7-12(13)18(15)20/h2-9,14-15,17H,10H2,1H3/t14-,15-,17+/m1/s1. The summed E-state index contributed by atoms with van der Waals surface area (Å²) >= 11 is 0. The van der Waals surface area contributed by atoms with Crippen LogP contribution in [0.2, 0.25) is 0 Å². The second kappa shape index (κ2) is 4.80. The maximum atomic E-state index is 12.8. The zero-order valence-electron chi connectivity index (χ0n) is 12.3. The van der Waals surface area contributed by atoms with Gasteiger partial charge < -0.3 is 4.74 Å². The molecule has 0 spiro atoms. The van der Waals surface area contributed by atoms with Crippen molar-refractivity contribution >= 4 is 11.6 Å². The summed E-state index contributed by atoms with van der Waals surface area (Å²) in [5.41, 5.74) is 2.20. The van der Waals surface area contributed by atoms with Crippen LogP contribution in [0, 0.1) is 11.8 Å². The average Bonchev–Trinajstić information content (AvgIpc) is 2.53. The highest BCUT2D eigenvalue weighted by Crippen LogP contribution is 2.54. The Kier molecular flexibility index (Phi) is 2.89. The number of ketones is 2. The molecule has 2 aliphatic rings. The van der Waals surface area contributed by atoms with E-state index in [2.05, 4.69) is 0 Å². The summed E-state index contributed by atoms with van der Waals surface area (Å²) in [7, 11) is 1.64. The van der Waals surface area contributed by atoms with Gasteiger partial charge in [-0.25, -0.2) is 0 Å². The van der Waals surface area contributed by atoms with Crippen LogP contribution < -0.4 is 4.74 Å². The Bertz CT molecular complexity index is 778. The zero-order chi connectivity index (χ0) is 15.3. The number of hydrogen-bond donors (Lipinski definition) is 0. The number of carbonyl (C=O) groups excluding carboxylic acids is 2. The lowest BCUT2D eigenvalue weighted by Crippen LogP contribution is -2.48. The van der Waals surface area contributed by atoms with Crippen molar-refractivity contribution in [3.05, 3.63) is 65.2 Å². The third-order valence-electron chi connectivity index (χ3n) is 5.01. The number of carbonyl (C=O) groups is 2. The highest BCUT2D eigenvalue weighted by Gasteiger charge is 2.54. The quantitative estimate of drug-likeness (QED) is 0.851. The molecule has 0 unspecified atom stereocenters. The molecule has 0 bridgehead atoms. The Balaban J connectivity index is 1.76. The van der Waals surface area contributed by atoms with Gasteiger partial charge in [-0.15, -0.1) is 0 Å². The Morgan fingerprint density at radius 2 is 1.50 bits per heavy atom. The summed E-state index contributed by atoms with van der Waals surface area (Å²) in [6.07, 6.45) is 0.726. The minimum atomic E-state index is -0.237. The van der Waals surface area contributed by atoms with Crippen molar-refractivity contribution in [1.29, 1.82) is 0 Å². The molecule has 0 aromatic heterocycles. The highest BCUT2D eigenvalue weighted by molar-refractivity contribution is 6.17. The number of rotatable bonds is 2. The summed E-state index contributed by atoms with van der Waals surface area (Å²) < 4.78 is 5.42. The van der Waals surface area contributed by atoms with Gasteiger partial charge in [0.1, 0.15) is 5.75 Å². The second-order valence-corrected chi connectivity index (χ2v) is 5.99. The first-order chi connectivity index (χ1) is 10.7. The van der Waals surface area contributed by atoms with E-state index in [4.69, 9.17) is 4.74 Å². The molecule has 3 nitrogen and oxygen atoms in total. The molecule has 0 radical (unpaired) electrons. The molecular weight excluding hydrogens is 276 g/mol. The molecule has 2 aliphatic carbocycles. The fraction of sp³-hybridized carbons (Fsp3) is 0.263. The van der Waals surface area contributed by atoms with E-state index in [-0.39, 0.29) is 29.3 Å². The molecule has 1 saturated carbocycles. The third-order valence-corrected chi connectivity index (χ3v) is 5.01. The highest BCUT2D eigenvalue weighted by atomic mass is 16.5. The smallest absolute Gasteiger partial charge is 0.168 e. The number of fused-ring (bicyclic) bond motifs is 2. The van der Waals surface area contributed by atoms with E-state index in [1.165, 1.54) is 0 Å². The first kappa shape index (κ1) is 13.3. The van der Waals surface area contributed by atoms with Crippen molar-refractivity contribution in [2.75, 3.05) is 7.11 Å². The number of para-hydroxylation sites is 1. The lowest BCUT2D eigenvalue weighted by Gasteiger charge is -2.46.